The Balaban J connectivity index is 2.30. The molecule has 0 aromatic rings. The number of ether oxygens (including phenoxy) is 1. The van der Waals surface area contributed by atoms with E-state index in [0.717, 1.165) is 19.7 Å². The Kier molecular flexibility index (Phi) is 4.88. The molecule has 1 aliphatic rings. The highest BCUT2D eigenvalue weighted by Gasteiger charge is 2.29. The summed E-state index contributed by atoms with van der Waals surface area (Å²) in [6.07, 6.45) is 2.54. The Bertz CT molecular complexity index is 198. The molecule has 0 aromatic heterocycles. The molecule has 0 aromatic carbocycles. The Labute approximate surface area is 85.8 Å². The van der Waals surface area contributed by atoms with Crippen molar-refractivity contribution in [2.75, 3.05) is 33.9 Å². The first kappa shape index (κ1) is 11.4. The Morgan fingerprint density at radius 2 is 2.36 bits per heavy atom. The van der Waals surface area contributed by atoms with Crippen LogP contribution in [-0.2, 0) is 4.74 Å². The third-order valence-corrected chi connectivity index (χ3v) is 2.57. The molecule has 0 spiro atoms. The minimum absolute atomic E-state index is 0.0625. The van der Waals surface area contributed by atoms with Gasteiger partial charge in [-0.25, -0.2) is 0 Å². The lowest BCUT2D eigenvalue weighted by molar-refractivity contribution is 0.140. The highest BCUT2D eigenvalue weighted by molar-refractivity contribution is 4.94. The van der Waals surface area contributed by atoms with E-state index in [1.54, 1.807) is 7.11 Å². The van der Waals surface area contributed by atoms with Crippen molar-refractivity contribution < 1.29 is 4.74 Å². The molecular weight excluding hydrogens is 178 g/mol. The van der Waals surface area contributed by atoms with Gasteiger partial charge in [-0.15, -0.1) is 0 Å². The summed E-state index contributed by atoms with van der Waals surface area (Å²) in [6, 6.07) is 2.87. The molecule has 0 amide bonds. The smallest absolute Gasteiger partial charge is 0.108 e. The van der Waals surface area contributed by atoms with Gasteiger partial charge in [0.15, 0.2) is 0 Å². The SMILES string of the molecule is CNC(C#N)CN(CCOC)C1CC1. The van der Waals surface area contributed by atoms with Crippen LogP contribution in [0.5, 0.6) is 0 Å². The molecule has 80 valence electrons. The lowest BCUT2D eigenvalue weighted by Gasteiger charge is -2.23. The molecule has 1 N–H and O–H groups in total. The first-order valence-corrected chi connectivity index (χ1v) is 5.11. The summed E-state index contributed by atoms with van der Waals surface area (Å²) >= 11 is 0. The standard InChI is InChI=1S/C10H19N3O/c1-12-9(7-11)8-13(5-6-14-2)10-3-4-10/h9-10,12H,3-6,8H2,1-2H3. The van der Waals surface area contributed by atoms with E-state index in [1.165, 1.54) is 12.8 Å². The van der Waals surface area contributed by atoms with E-state index in [-0.39, 0.29) is 6.04 Å². The number of nitrogens with zero attached hydrogens (tertiary/aromatic N) is 2. The van der Waals surface area contributed by atoms with Crippen molar-refractivity contribution in [2.45, 2.75) is 24.9 Å². The normalized spacial score (nSPS) is 18.1. The second-order valence-corrected chi connectivity index (χ2v) is 3.69. The fourth-order valence-electron chi connectivity index (χ4n) is 1.50. The molecular formula is C10H19N3O. The van der Waals surface area contributed by atoms with Crippen LogP contribution in [0.4, 0.5) is 0 Å². The molecule has 1 rings (SSSR count). The summed E-state index contributed by atoms with van der Waals surface area (Å²) in [4.78, 5) is 2.34. The van der Waals surface area contributed by atoms with Gasteiger partial charge >= 0.3 is 0 Å². The Morgan fingerprint density at radius 1 is 1.64 bits per heavy atom. The summed E-state index contributed by atoms with van der Waals surface area (Å²) in [7, 11) is 3.54. The minimum atomic E-state index is -0.0625. The van der Waals surface area contributed by atoms with Crippen LogP contribution >= 0.6 is 0 Å². The summed E-state index contributed by atoms with van der Waals surface area (Å²) in [5, 5.41) is 11.8. The van der Waals surface area contributed by atoms with Crippen molar-refractivity contribution in [3.8, 4) is 6.07 Å². The molecule has 4 heteroatoms. The van der Waals surface area contributed by atoms with Crippen molar-refractivity contribution in [3.05, 3.63) is 0 Å². The van der Waals surface area contributed by atoms with Crippen LogP contribution in [0.2, 0.25) is 0 Å². The van der Waals surface area contributed by atoms with E-state index < -0.39 is 0 Å². The van der Waals surface area contributed by atoms with Gasteiger partial charge in [0.2, 0.25) is 0 Å². The summed E-state index contributed by atoms with van der Waals surface area (Å²) < 4.78 is 5.05. The summed E-state index contributed by atoms with van der Waals surface area (Å²) in [5.41, 5.74) is 0. The van der Waals surface area contributed by atoms with Crippen molar-refractivity contribution >= 4 is 0 Å². The molecule has 1 fully saturated rings. The molecule has 1 atom stereocenters. The highest BCUT2D eigenvalue weighted by atomic mass is 16.5. The third kappa shape index (κ3) is 3.62. The molecule has 1 unspecified atom stereocenters. The van der Waals surface area contributed by atoms with Crippen molar-refractivity contribution in [2.24, 2.45) is 0 Å². The van der Waals surface area contributed by atoms with Crippen molar-refractivity contribution in [1.29, 1.82) is 5.26 Å². The predicted octanol–water partition coefficient (Wildman–Crippen LogP) is 0.209. The largest absolute Gasteiger partial charge is 0.383 e. The van der Waals surface area contributed by atoms with Gasteiger partial charge in [-0.2, -0.15) is 5.26 Å². The van der Waals surface area contributed by atoms with Gasteiger partial charge in [-0.3, -0.25) is 4.90 Å². The van der Waals surface area contributed by atoms with E-state index in [1.807, 2.05) is 7.05 Å². The Hall–Kier alpha value is -0.630. The van der Waals surface area contributed by atoms with Gasteiger partial charge in [-0.1, -0.05) is 0 Å². The van der Waals surface area contributed by atoms with Gasteiger partial charge < -0.3 is 10.1 Å². The molecule has 4 nitrogen and oxygen atoms in total. The zero-order chi connectivity index (χ0) is 10.4. The van der Waals surface area contributed by atoms with E-state index in [9.17, 15) is 0 Å². The van der Waals surface area contributed by atoms with Gasteiger partial charge in [-0.05, 0) is 19.9 Å². The fourth-order valence-corrected chi connectivity index (χ4v) is 1.50. The lowest BCUT2D eigenvalue weighted by Crippen LogP contribution is -2.41. The van der Waals surface area contributed by atoms with Gasteiger partial charge in [0, 0.05) is 26.2 Å². The van der Waals surface area contributed by atoms with Crippen molar-refractivity contribution in [3.63, 3.8) is 0 Å². The van der Waals surface area contributed by atoms with E-state index in [0.29, 0.717) is 6.04 Å². The first-order valence-electron chi connectivity index (χ1n) is 5.11. The van der Waals surface area contributed by atoms with E-state index >= 15 is 0 Å². The predicted molar refractivity (Wildman–Crippen MR) is 54.9 cm³/mol. The zero-order valence-electron chi connectivity index (χ0n) is 8.99. The van der Waals surface area contributed by atoms with Gasteiger partial charge in [0.25, 0.3) is 0 Å². The maximum Gasteiger partial charge on any atom is 0.108 e. The molecule has 14 heavy (non-hydrogen) atoms. The van der Waals surface area contributed by atoms with Crippen LogP contribution in [0, 0.1) is 11.3 Å². The highest BCUT2D eigenvalue weighted by Crippen LogP contribution is 2.26. The number of rotatable bonds is 7. The molecule has 1 aliphatic carbocycles. The van der Waals surface area contributed by atoms with Crippen LogP contribution in [0.1, 0.15) is 12.8 Å². The number of likely N-dealkylation sites (N-methyl/N-ethyl adjacent to an activating group) is 1. The van der Waals surface area contributed by atoms with E-state index in [4.69, 9.17) is 10.00 Å². The number of hydrogen-bond donors (Lipinski definition) is 1. The van der Waals surface area contributed by atoms with E-state index in [2.05, 4.69) is 16.3 Å². The van der Waals surface area contributed by atoms with Gasteiger partial charge in [0.05, 0.1) is 12.7 Å². The molecule has 0 radical (unpaired) electrons. The quantitative estimate of drug-likeness (QED) is 0.634. The zero-order valence-corrected chi connectivity index (χ0v) is 8.99. The number of hydrogen-bond acceptors (Lipinski definition) is 4. The monoisotopic (exact) mass is 197 g/mol. The molecule has 0 aliphatic heterocycles. The van der Waals surface area contributed by atoms with Crippen LogP contribution in [-0.4, -0.2) is 50.8 Å². The maximum atomic E-state index is 8.83. The molecule has 0 saturated heterocycles. The first-order chi connectivity index (χ1) is 6.81. The second kappa shape index (κ2) is 5.97. The number of methoxy groups -OCH3 is 1. The maximum absolute atomic E-state index is 8.83. The number of nitrogens with one attached hydrogen (secondary N) is 1. The summed E-state index contributed by atoms with van der Waals surface area (Å²) in [6.45, 7) is 2.49. The van der Waals surface area contributed by atoms with Crippen LogP contribution < -0.4 is 5.32 Å². The Morgan fingerprint density at radius 3 is 2.79 bits per heavy atom. The topological polar surface area (TPSA) is 48.3 Å². The van der Waals surface area contributed by atoms with Gasteiger partial charge in [0.1, 0.15) is 6.04 Å². The average molecular weight is 197 g/mol. The minimum Gasteiger partial charge on any atom is -0.383 e. The molecule has 0 bridgehead atoms. The molecule has 0 heterocycles. The van der Waals surface area contributed by atoms with Crippen LogP contribution in [0.25, 0.3) is 0 Å². The van der Waals surface area contributed by atoms with Crippen LogP contribution in [0.3, 0.4) is 0 Å². The second-order valence-electron chi connectivity index (χ2n) is 3.69. The fraction of sp³-hybridized carbons (Fsp3) is 0.900. The average Bonchev–Trinajstić information content (AvgIpc) is 3.02. The third-order valence-electron chi connectivity index (χ3n) is 2.57. The lowest BCUT2D eigenvalue weighted by atomic mass is 10.3. The molecule has 1 saturated carbocycles. The summed E-state index contributed by atoms with van der Waals surface area (Å²) in [5.74, 6) is 0. The number of nitriles is 1. The van der Waals surface area contributed by atoms with Crippen molar-refractivity contribution in [1.82, 2.24) is 10.2 Å². The van der Waals surface area contributed by atoms with Crippen LogP contribution in [0.15, 0.2) is 0 Å².